The molecular weight excluding hydrogens is 380 g/mol. The van der Waals surface area contributed by atoms with Gasteiger partial charge >= 0.3 is 0 Å². The fourth-order valence-corrected chi connectivity index (χ4v) is 3.54. The second-order valence-corrected chi connectivity index (χ2v) is 6.79. The van der Waals surface area contributed by atoms with E-state index >= 15 is 0 Å². The number of carbonyl (C=O) groups is 2. The minimum absolute atomic E-state index is 0.0142. The Morgan fingerprint density at radius 2 is 1.86 bits per heavy atom. The number of nitrogens with two attached hydrogens (primary N) is 1. The summed E-state index contributed by atoms with van der Waals surface area (Å²) in [5.41, 5.74) is 6.60. The topological polar surface area (TPSA) is 92.9 Å². The molecule has 0 aliphatic carbocycles. The number of Topliss-reactive ketones (excluding diaryl/α,β-unsaturated/α-hetero) is 1. The van der Waals surface area contributed by atoms with Gasteiger partial charge < -0.3 is 20.5 Å². The number of benzene rings is 2. The zero-order valence-corrected chi connectivity index (χ0v) is 16.1. The Hall–Kier alpha value is -2.83. The van der Waals surface area contributed by atoms with Crippen molar-refractivity contribution in [1.29, 1.82) is 0 Å². The number of nitrogens with zero attached hydrogens (tertiary/aromatic N) is 1. The van der Waals surface area contributed by atoms with E-state index in [9.17, 15) is 14.7 Å². The van der Waals surface area contributed by atoms with Crippen LogP contribution in [0, 0.1) is 0 Å². The Morgan fingerprint density at radius 3 is 2.46 bits per heavy atom. The van der Waals surface area contributed by atoms with Gasteiger partial charge in [0.25, 0.3) is 11.7 Å². The molecular formula is C21H21ClN2O4. The van der Waals surface area contributed by atoms with Gasteiger partial charge in [-0.15, -0.1) is 0 Å². The lowest BCUT2D eigenvalue weighted by atomic mass is 9.95. The third-order valence-electron chi connectivity index (χ3n) is 4.71. The van der Waals surface area contributed by atoms with Gasteiger partial charge in [0.1, 0.15) is 11.5 Å². The van der Waals surface area contributed by atoms with Crippen LogP contribution in [0.3, 0.4) is 0 Å². The summed E-state index contributed by atoms with van der Waals surface area (Å²) in [5.74, 6) is -1.05. The van der Waals surface area contributed by atoms with Crippen molar-refractivity contribution in [2.24, 2.45) is 5.73 Å². The largest absolute Gasteiger partial charge is 0.507 e. The van der Waals surface area contributed by atoms with E-state index in [4.69, 9.17) is 22.1 Å². The number of amides is 1. The highest BCUT2D eigenvalue weighted by molar-refractivity contribution is 6.47. The molecule has 0 spiro atoms. The molecule has 3 N–H and O–H groups in total. The number of likely N-dealkylation sites (tertiary alicyclic amines) is 1. The normalized spacial score (nSPS) is 18.5. The summed E-state index contributed by atoms with van der Waals surface area (Å²) in [5, 5.41) is 11.3. The summed E-state index contributed by atoms with van der Waals surface area (Å²) >= 11 is 6.36. The first-order chi connectivity index (χ1) is 13.5. The van der Waals surface area contributed by atoms with Gasteiger partial charge in [-0.05, 0) is 48.9 Å². The minimum atomic E-state index is -0.776. The molecule has 1 unspecified atom stereocenters. The van der Waals surface area contributed by atoms with E-state index in [2.05, 4.69) is 0 Å². The molecule has 1 heterocycles. The molecule has 3 rings (SSSR count). The molecule has 1 amide bonds. The number of aliphatic hydroxyl groups excluding tert-OH is 1. The molecule has 1 atom stereocenters. The van der Waals surface area contributed by atoms with Crippen LogP contribution in [0.2, 0.25) is 5.02 Å². The van der Waals surface area contributed by atoms with E-state index < -0.39 is 17.7 Å². The molecule has 0 bridgehead atoms. The number of aliphatic hydroxyl groups is 1. The molecule has 28 heavy (non-hydrogen) atoms. The van der Waals surface area contributed by atoms with E-state index in [1.165, 1.54) is 12.0 Å². The Balaban J connectivity index is 2.16. The summed E-state index contributed by atoms with van der Waals surface area (Å²) in [6.07, 6.45) is 0.524. The van der Waals surface area contributed by atoms with Gasteiger partial charge in [0.2, 0.25) is 0 Å². The molecule has 6 nitrogen and oxygen atoms in total. The fraction of sp³-hybridized carbons (Fsp3) is 0.238. The molecule has 0 aromatic heterocycles. The predicted molar refractivity (Wildman–Crippen MR) is 107 cm³/mol. The first-order valence-corrected chi connectivity index (χ1v) is 9.24. The Kier molecular flexibility index (Phi) is 6.02. The van der Waals surface area contributed by atoms with Crippen LogP contribution >= 0.6 is 11.6 Å². The number of rotatable bonds is 6. The molecule has 0 radical (unpaired) electrons. The number of hydrogen-bond donors (Lipinski definition) is 2. The van der Waals surface area contributed by atoms with Crippen molar-refractivity contribution in [2.45, 2.75) is 12.5 Å². The maximum Gasteiger partial charge on any atom is 0.295 e. The second-order valence-electron chi connectivity index (χ2n) is 6.38. The van der Waals surface area contributed by atoms with Crippen molar-refractivity contribution in [3.8, 4) is 5.75 Å². The quantitative estimate of drug-likeness (QED) is 0.441. The smallest absolute Gasteiger partial charge is 0.295 e. The lowest BCUT2D eigenvalue weighted by molar-refractivity contribution is -0.139. The van der Waals surface area contributed by atoms with Crippen LogP contribution in [0.25, 0.3) is 5.76 Å². The summed E-state index contributed by atoms with van der Waals surface area (Å²) in [7, 11) is 1.54. The first kappa shape index (κ1) is 19.9. The SMILES string of the molecule is COc1ccc(C(O)=C2C(=O)C(=O)N(CCCN)C2c2ccccc2Cl)cc1. The van der Waals surface area contributed by atoms with Crippen molar-refractivity contribution in [2.75, 3.05) is 20.2 Å². The van der Waals surface area contributed by atoms with E-state index in [-0.39, 0.29) is 17.9 Å². The number of hydrogen-bond acceptors (Lipinski definition) is 5. The summed E-state index contributed by atoms with van der Waals surface area (Å²) in [6.45, 7) is 0.660. The first-order valence-electron chi connectivity index (χ1n) is 8.87. The van der Waals surface area contributed by atoms with Crippen LogP contribution in [0.4, 0.5) is 0 Å². The average molecular weight is 401 g/mol. The van der Waals surface area contributed by atoms with Gasteiger partial charge in [-0.25, -0.2) is 0 Å². The Bertz CT molecular complexity index is 924. The van der Waals surface area contributed by atoms with Gasteiger partial charge in [0.15, 0.2) is 0 Å². The maximum absolute atomic E-state index is 12.8. The lowest BCUT2D eigenvalue weighted by Crippen LogP contribution is -2.31. The molecule has 2 aromatic rings. The second kappa shape index (κ2) is 8.46. The van der Waals surface area contributed by atoms with Crippen molar-refractivity contribution >= 4 is 29.1 Å². The predicted octanol–water partition coefficient (Wildman–Crippen LogP) is 3.12. The van der Waals surface area contributed by atoms with Gasteiger partial charge in [-0.3, -0.25) is 9.59 Å². The number of ketones is 1. The van der Waals surface area contributed by atoms with Crippen molar-refractivity contribution in [1.82, 2.24) is 4.90 Å². The number of halogens is 1. The van der Waals surface area contributed by atoms with Crippen molar-refractivity contribution in [3.63, 3.8) is 0 Å². The number of ether oxygens (including phenoxy) is 1. The molecule has 1 saturated heterocycles. The molecule has 1 aliphatic heterocycles. The Labute approximate surface area is 168 Å². The molecule has 0 saturated carbocycles. The van der Waals surface area contributed by atoms with E-state index in [0.29, 0.717) is 34.9 Å². The third kappa shape index (κ3) is 3.61. The van der Waals surface area contributed by atoms with Crippen LogP contribution in [0.15, 0.2) is 54.1 Å². The van der Waals surface area contributed by atoms with Gasteiger partial charge in [-0.2, -0.15) is 0 Å². The molecule has 7 heteroatoms. The van der Waals surface area contributed by atoms with Crippen molar-refractivity contribution < 1.29 is 19.4 Å². The van der Waals surface area contributed by atoms with E-state index in [1.54, 1.807) is 48.5 Å². The van der Waals surface area contributed by atoms with Gasteiger partial charge in [0, 0.05) is 17.1 Å². The highest BCUT2D eigenvalue weighted by Gasteiger charge is 2.46. The summed E-state index contributed by atoms with van der Waals surface area (Å²) in [4.78, 5) is 26.9. The highest BCUT2D eigenvalue weighted by atomic mass is 35.5. The monoisotopic (exact) mass is 400 g/mol. The number of carbonyl (C=O) groups excluding carboxylic acids is 2. The molecule has 1 fully saturated rings. The van der Waals surface area contributed by atoms with Crippen LogP contribution in [0.1, 0.15) is 23.6 Å². The van der Waals surface area contributed by atoms with E-state index in [0.717, 1.165) is 0 Å². The van der Waals surface area contributed by atoms with Crippen LogP contribution in [-0.2, 0) is 9.59 Å². The fourth-order valence-electron chi connectivity index (χ4n) is 3.30. The van der Waals surface area contributed by atoms with Gasteiger partial charge in [-0.1, -0.05) is 29.8 Å². The zero-order valence-electron chi connectivity index (χ0n) is 15.4. The summed E-state index contributed by atoms with van der Waals surface area (Å²) < 4.78 is 5.12. The number of methoxy groups -OCH3 is 1. The lowest BCUT2D eigenvalue weighted by Gasteiger charge is -2.25. The Morgan fingerprint density at radius 1 is 1.18 bits per heavy atom. The molecule has 1 aliphatic rings. The average Bonchev–Trinajstić information content (AvgIpc) is 2.96. The zero-order chi connectivity index (χ0) is 20.3. The summed E-state index contributed by atoms with van der Waals surface area (Å²) in [6, 6.07) is 12.8. The maximum atomic E-state index is 12.8. The highest BCUT2D eigenvalue weighted by Crippen LogP contribution is 2.41. The van der Waals surface area contributed by atoms with Crippen molar-refractivity contribution in [3.05, 3.63) is 70.3 Å². The van der Waals surface area contributed by atoms with Crippen LogP contribution < -0.4 is 10.5 Å². The van der Waals surface area contributed by atoms with Gasteiger partial charge in [0.05, 0.1) is 18.7 Å². The van der Waals surface area contributed by atoms with Crippen LogP contribution in [-0.4, -0.2) is 41.9 Å². The molecule has 2 aromatic carbocycles. The van der Waals surface area contributed by atoms with E-state index in [1.807, 2.05) is 0 Å². The minimum Gasteiger partial charge on any atom is -0.507 e. The molecule has 146 valence electrons. The third-order valence-corrected chi connectivity index (χ3v) is 5.05. The van der Waals surface area contributed by atoms with Crippen LogP contribution in [0.5, 0.6) is 5.75 Å². The standard InChI is InChI=1S/C21H21ClN2O4/c1-28-14-9-7-13(8-10-14)19(25)17-18(15-5-2-3-6-16(15)22)24(12-4-11-23)21(27)20(17)26/h2-3,5-10,18,25H,4,11-12,23H2,1H3.